The van der Waals surface area contributed by atoms with Gasteiger partial charge in [-0.25, -0.2) is 13.1 Å². The lowest BCUT2D eigenvalue weighted by Crippen LogP contribution is -2.26. The zero-order valence-corrected chi connectivity index (χ0v) is 10.0. The lowest BCUT2D eigenvalue weighted by Gasteiger charge is -2.03. The van der Waals surface area contributed by atoms with Gasteiger partial charge in [0, 0.05) is 12.1 Å². The molecule has 1 fully saturated rings. The number of nitrogens with one attached hydrogen (secondary N) is 1. The van der Waals surface area contributed by atoms with Gasteiger partial charge in [0.25, 0.3) is 0 Å². The summed E-state index contributed by atoms with van der Waals surface area (Å²) in [6.07, 6.45) is 0.878. The van der Waals surface area contributed by atoms with Crippen molar-refractivity contribution in [2.24, 2.45) is 5.92 Å². The van der Waals surface area contributed by atoms with Gasteiger partial charge in [0.2, 0.25) is 10.0 Å². The second-order valence-corrected chi connectivity index (χ2v) is 5.91. The Morgan fingerprint density at radius 1 is 1.62 bits per heavy atom. The van der Waals surface area contributed by atoms with Crippen molar-refractivity contribution in [2.75, 3.05) is 0 Å². The maximum atomic E-state index is 11.9. The minimum absolute atomic E-state index is 0.0388. The molecule has 5 nitrogen and oxygen atoms in total. The molecule has 1 aliphatic carbocycles. The fourth-order valence-electron chi connectivity index (χ4n) is 1.62. The van der Waals surface area contributed by atoms with Crippen molar-refractivity contribution in [1.29, 1.82) is 0 Å². The summed E-state index contributed by atoms with van der Waals surface area (Å²) in [4.78, 5) is 0.121. The van der Waals surface area contributed by atoms with Crippen LogP contribution in [0.5, 0.6) is 0 Å². The van der Waals surface area contributed by atoms with E-state index >= 15 is 0 Å². The van der Waals surface area contributed by atoms with Gasteiger partial charge in [0.1, 0.15) is 23.0 Å². The van der Waals surface area contributed by atoms with Gasteiger partial charge >= 0.3 is 0 Å². The van der Waals surface area contributed by atoms with E-state index in [0.717, 1.165) is 6.42 Å². The highest BCUT2D eigenvalue weighted by Crippen LogP contribution is 2.31. The average Bonchev–Trinajstić information content (AvgIpc) is 2.74. The number of sulfonamides is 1. The molecule has 0 amide bonds. The second-order valence-electron chi connectivity index (χ2n) is 4.23. The highest BCUT2D eigenvalue weighted by Gasteiger charge is 2.37. The first-order valence-electron chi connectivity index (χ1n) is 5.16. The van der Waals surface area contributed by atoms with Crippen molar-refractivity contribution in [3.63, 3.8) is 0 Å². The molecule has 90 valence electrons. The average molecular weight is 245 g/mol. The monoisotopic (exact) mass is 245 g/mol. The summed E-state index contributed by atoms with van der Waals surface area (Å²) in [6.45, 7) is 3.27. The van der Waals surface area contributed by atoms with E-state index in [0.29, 0.717) is 11.7 Å². The molecule has 0 aromatic carbocycles. The van der Waals surface area contributed by atoms with Gasteiger partial charge in [-0.1, -0.05) is 6.92 Å². The lowest BCUT2D eigenvalue weighted by atomic mass is 10.4. The third-order valence-corrected chi connectivity index (χ3v) is 4.38. The summed E-state index contributed by atoms with van der Waals surface area (Å²) in [7, 11) is -3.50. The molecular weight excluding hydrogens is 230 g/mol. The minimum atomic E-state index is -3.50. The van der Waals surface area contributed by atoms with E-state index in [-0.39, 0.29) is 23.3 Å². The van der Waals surface area contributed by atoms with Crippen molar-refractivity contribution >= 4 is 10.0 Å². The van der Waals surface area contributed by atoms with E-state index in [4.69, 9.17) is 9.52 Å². The molecule has 1 aromatic heterocycles. The normalized spacial score (nSPS) is 24.7. The number of aryl methyl sites for hydroxylation is 1. The molecule has 0 radical (unpaired) electrons. The molecule has 1 saturated carbocycles. The molecule has 2 N–H and O–H groups in total. The van der Waals surface area contributed by atoms with E-state index in [1.807, 2.05) is 6.92 Å². The van der Waals surface area contributed by atoms with Gasteiger partial charge < -0.3 is 9.52 Å². The number of aliphatic hydroxyl groups excluding tert-OH is 1. The lowest BCUT2D eigenvalue weighted by molar-refractivity contribution is 0.244. The zero-order valence-electron chi connectivity index (χ0n) is 9.23. The molecule has 0 spiro atoms. The number of hydrogen-bond donors (Lipinski definition) is 2. The summed E-state index contributed by atoms with van der Waals surface area (Å²) < 4.78 is 31.6. The maximum absolute atomic E-state index is 11.9. The van der Waals surface area contributed by atoms with Crippen LogP contribution < -0.4 is 4.72 Å². The van der Waals surface area contributed by atoms with Crippen molar-refractivity contribution in [3.8, 4) is 0 Å². The Kier molecular flexibility index (Phi) is 2.81. The Morgan fingerprint density at radius 2 is 2.25 bits per heavy atom. The predicted molar refractivity (Wildman–Crippen MR) is 57.3 cm³/mol. The van der Waals surface area contributed by atoms with Crippen molar-refractivity contribution in [1.82, 2.24) is 4.72 Å². The molecule has 1 aliphatic rings. The first-order chi connectivity index (χ1) is 7.44. The molecule has 1 heterocycles. The SMILES string of the molecule is Cc1oc(CO)cc1S(=O)(=O)NC1CC1C. The Balaban J connectivity index is 2.24. The Hall–Kier alpha value is -0.850. The predicted octanol–water partition coefficient (Wildman–Crippen LogP) is 0.767. The molecule has 0 aliphatic heterocycles. The van der Waals surface area contributed by atoms with E-state index in [1.165, 1.54) is 6.07 Å². The van der Waals surface area contributed by atoms with Crippen LogP contribution in [0.3, 0.4) is 0 Å². The summed E-state index contributed by atoms with van der Waals surface area (Å²) in [5, 5.41) is 8.87. The molecule has 0 saturated heterocycles. The zero-order chi connectivity index (χ0) is 11.9. The topological polar surface area (TPSA) is 79.5 Å². The number of furan rings is 1. The Labute approximate surface area is 94.5 Å². The first kappa shape index (κ1) is 11.6. The van der Waals surface area contributed by atoms with Crippen LogP contribution >= 0.6 is 0 Å². The maximum Gasteiger partial charge on any atom is 0.244 e. The van der Waals surface area contributed by atoms with Gasteiger partial charge in [-0.3, -0.25) is 0 Å². The van der Waals surface area contributed by atoms with Crippen LogP contribution in [-0.2, 0) is 16.6 Å². The molecule has 2 unspecified atom stereocenters. The molecule has 2 rings (SSSR count). The number of hydrogen-bond acceptors (Lipinski definition) is 4. The molecule has 1 aromatic rings. The Bertz CT molecular complexity index is 491. The van der Waals surface area contributed by atoms with Gasteiger partial charge in [-0.05, 0) is 19.3 Å². The van der Waals surface area contributed by atoms with Gasteiger partial charge in [-0.2, -0.15) is 0 Å². The number of aliphatic hydroxyl groups is 1. The number of rotatable bonds is 4. The fraction of sp³-hybridized carbons (Fsp3) is 0.600. The van der Waals surface area contributed by atoms with Gasteiger partial charge in [-0.15, -0.1) is 0 Å². The van der Waals surface area contributed by atoms with Crippen LogP contribution in [0.25, 0.3) is 0 Å². The van der Waals surface area contributed by atoms with Crippen molar-refractivity contribution in [2.45, 2.75) is 37.8 Å². The molecular formula is C10H15NO4S. The molecule has 0 bridgehead atoms. The van der Waals surface area contributed by atoms with E-state index in [1.54, 1.807) is 6.92 Å². The minimum Gasteiger partial charge on any atom is -0.462 e. The third-order valence-electron chi connectivity index (χ3n) is 2.78. The summed E-state index contributed by atoms with van der Waals surface area (Å²) in [6, 6.07) is 1.40. The summed E-state index contributed by atoms with van der Waals surface area (Å²) in [5.74, 6) is 0.978. The third kappa shape index (κ3) is 2.14. The van der Waals surface area contributed by atoms with E-state index in [2.05, 4.69) is 4.72 Å². The quantitative estimate of drug-likeness (QED) is 0.821. The van der Waals surface area contributed by atoms with E-state index < -0.39 is 10.0 Å². The molecule has 2 atom stereocenters. The van der Waals surface area contributed by atoms with Crippen LogP contribution in [0.4, 0.5) is 0 Å². The van der Waals surface area contributed by atoms with Crippen LogP contribution in [0.2, 0.25) is 0 Å². The molecule has 16 heavy (non-hydrogen) atoms. The van der Waals surface area contributed by atoms with Crippen LogP contribution in [-0.4, -0.2) is 19.6 Å². The van der Waals surface area contributed by atoms with Crippen molar-refractivity contribution in [3.05, 3.63) is 17.6 Å². The largest absolute Gasteiger partial charge is 0.462 e. The van der Waals surface area contributed by atoms with Gasteiger partial charge in [0.15, 0.2) is 0 Å². The van der Waals surface area contributed by atoms with E-state index in [9.17, 15) is 8.42 Å². The van der Waals surface area contributed by atoms with Crippen LogP contribution in [0.15, 0.2) is 15.4 Å². The first-order valence-corrected chi connectivity index (χ1v) is 6.65. The highest BCUT2D eigenvalue weighted by molar-refractivity contribution is 7.89. The fourth-order valence-corrected chi connectivity index (χ4v) is 3.18. The summed E-state index contributed by atoms with van der Waals surface area (Å²) in [5.41, 5.74) is 0. The summed E-state index contributed by atoms with van der Waals surface area (Å²) >= 11 is 0. The van der Waals surface area contributed by atoms with Crippen LogP contribution in [0.1, 0.15) is 24.9 Å². The Morgan fingerprint density at radius 3 is 2.69 bits per heavy atom. The smallest absolute Gasteiger partial charge is 0.244 e. The van der Waals surface area contributed by atoms with Gasteiger partial charge in [0.05, 0.1) is 0 Å². The van der Waals surface area contributed by atoms with Crippen molar-refractivity contribution < 1.29 is 17.9 Å². The van der Waals surface area contributed by atoms with Crippen LogP contribution in [0, 0.1) is 12.8 Å². The molecule has 6 heteroatoms. The highest BCUT2D eigenvalue weighted by atomic mass is 32.2. The standard InChI is InChI=1S/C10H15NO4S/c1-6-3-9(6)11-16(13,14)10-4-8(5-12)15-7(10)2/h4,6,9,11-12H,3,5H2,1-2H3. The second kappa shape index (κ2) is 3.87.